The number of hydrogen-bond acceptors (Lipinski definition) is 5. The molecule has 6 heteroatoms. The van der Waals surface area contributed by atoms with Crippen LogP contribution >= 0.6 is 0 Å². The number of carbonyl (C=O) groups excluding carboxylic acids is 1. The molecule has 0 aliphatic heterocycles. The molecule has 1 aromatic carbocycles. The average Bonchev–Trinajstić information content (AvgIpc) is 3.44. The Labute approximate surface area is 302 Å². The summed E-state index contributed by atoms with van der Waals surface area (Å²) in [5.74, 6) is 1.14. The molecule has 0 saturated heterocycles. The highest BCUT2D eigenvalue weighted by atomic mass is 16.6. The van der Waals surface area contributed by atoms with E-state index in [1.54, 1.807) is 0 Å². The van der Waals surface area contributed by atoms with Gasteiger partial charge in [0.05, 0.1) is 11.0 Å². The van der Waals surface area contributed by atoms with Gasteiger partial charge in [-0.25, -0.2) is 4.79 Å². The summed E-state index contributed by atoms with van der Waals surface area (Å²) in [6.45, 7) is 25.6. The van der Waals surface area contributed by atoms with Crippen LogP contribution in [-0.2, 0) is 9.53 Å². The van der Waals surface area contributed by atoms with E-state index >= 15 is 0 Å². The second-order valence-corrected chi connectivity index (χ2v) is 19.4. The Morgan fingerprint density at radius 2 is 1.60 bits per heavy atom. The third-order valence-corrected chi connectivity index (χ3v) is 15.7. The summed E-state index contributed by atoms with van der Waals surface area (Å²) in [6.07, 6.45) is 11.8. The number of hydrogen-bond donors (Lipinski definition) is 3. The van der Waals surface area contributed by atoms with E-state index in [1.165, 1.54) is 36.0 Å². The lowest BCUT2D eigenvalue weighted by atomic mass is 9.32. The summed E-state index contributed by atoms with van der Waals surface area (Å²) in [6, 6.07) is 8.09. The summed E-state index contributed by atoms with van der Waals surface area (Å²) in [5.41, 5.74) is 3.69. The van der Waals surface area contributed by atoms with Gasteiger partial charge in [-0.3, -0.25) is 4.79 Å². The van der Waals surface area contributed by atoms with Gasteiger partial charge in [0, 0.05) is 19.6 Å². The van der Waals surface area contributed by atoms with Crippen molar-refractivity contribution < 1.29 is 19.4 Å². The van der Waals surface area contributed by atoms with Crippen molar-refractivity contribution in [2.75, 3.05) is 26.7 Å². The quantitative estimate of drug-likeness (QED) is 0.136. The summed E-state index contributed by atoms with van der Waals surface area (Å²) in [7, 11) is 1.97. The summed E-state index contributed by atoms with van der Waals surface area (Å²) >= 11 is 0. The molecule has 0 amide bonds. The first kappa shape index (κ1) is 37.3. The van der Waals surface area contributed by atoms with Crippen molar-refractivity contribution in [2.45, 2.75) is 119 Å². The maximum atomic E-state index is 13.2. The second kappa shape index (κ2) is 12.9. The van der Waals surface area contributed by atoms with Gasteiger partial charge in [0.25, 0.3) is 0 Å². The molecule has 5 aliphatic carbocycles. The van der Waals surface area contributed by atoms with Crippen LogP contribution in [0.4, 0.5) is 0 Å². The lowest BCUT2D eigenvalue weighted by Gasteiger charge is -2.72. The molecular weight excluding hydrogens is 620 g/mol. The van der Waals surface area contributed by atoms with E-state index in [-0.39, 0.29) is 39.5 Å². The number of allylic oxidation sites excluding steroid dienone is 2. The standard InChI is InChI=1S/C44H66N2O4/c1-28(27-46-26-25-45-10)31-17-22-44(38(48)49)24-23-42(8)33(36(31)44)15-16-35-41(7)20-18-32(40(5,6)34(41)19-21-43(35,42)9)29-11-13-30(14-12-29)37(47)50-39(2,3)4/h11-14,18,31,33-36,45-46H,1,15-17,19-27H2,2-10H3,(H,48,49)/t31-,33+,34-,35+,36+,41-,42+,43+,44-/m0/s1. The van der Waals surface area contributed by atoms with Crippen LogP contribution in [0.2, 0.25) is 0 Å². The number of aliphatic carboxylic acids is 1. The number of benzene rings is 1. The Morgan fingerprint density at radius 1 is 0.900 bits per heavy atom. The van der Waals surface area contributed by atoms with Gasteiger partial charge >= 0.3 is 11.9 Å². The van der Waals surface area contributed by atoms with E-state index in [0.29, 0.717) is 23.3 Å². The maximum Gasteiger partial charge on any atom is 0.338 e. The zero-order chi connectivity index (χ0) is 36.5. The summed E-state index contributed by atoms with van der Waals surface area (Å²) in [5, 5.41) is 17.7. The van der Waals surface area contributed by atoms with E-state index in [1.807, 2.05) is 40.0 Å². The molecule has 5 aliphatic rings. The number of carboxylic acids is 1. The fraction of sp³-hybridized carbons (Fsp3) is 0.727. The smallest absolute Gasteiger partial charge is 0.338 e. The van der Waals surface area contributed by atoms with Crippen LogP contribution in [0.1, 0.15) is 129 Å². The molecule has 4 fully saturated rings. The third-order valence-electron chi connectivity index (χ3n) is 15.7. The van der Waals surface area contributed by atoms with Crippen LogP contribution < -0.4 is 10.6 Å². The molecule has 50 heavy (non-hydrogen) atoms. The van der Waals surface area contributed by atoms with E-state index < -0.39 is 17.0 Å². The molecule has 6 nitrogen and oxygen atoms in total. The Balaban J connectivity index is 1.28. The van der Waals surface area contributed by atoms with E-state index in [2.05, 4.69) is 70.0 Å². The van der Waals surface area contributed by atoms with Crippen LogP contribution in [0.5, 0.6) is 0 Å². The predicted molar refractivity (Wildman–Crippen MR) is 203 cm³/mol. The van der Waals surface area contributed by atoms with Crippen LogP contribution in [0, 0.1) is 56.7 Å². The number of fused-ring (bicyclic) bond motifs is 7. The minimum absolute atomic E-state index is 0.0148. The SMILES string of the molecule is C=C(CNCCNC)[C@@H]1CC[C@]2(C(=O)O)CC[C@]3(C)[C@H](CC[C@@H]4[C@@]5(C)CC=C(c6ccc(C(=O)OC(C)(C)C)cc6)C(C)(C)[C@@H]5CC[C@]43C)[C@@H]12. The van der Waals surface area contributed by atoms with E-state index in [4.69, 9.17) is 4.74 Å². The van der Waals surface area contributed by atoms with Crippen molar-refractivity contribution in [1.29, 1.82) is 0 Å². The number of esters is 1. The molecule has 0 unspecified atom stereocenters. The first-order valence-corrected chi connectivity index (χ1v) is 19.7. The first-order valence-electron chi connectivity index (χ1n) is 19.7. The van der Waals surface area contributed by atoms with Gasteiger partial charge in [-0.2, -0.15) is 0 Å². The van der Waals surface area contributed by atoms with Crippen LogP contribution in [-0.4, -0.2) is 49.3 Å². The number of rotatable bonds is 9. The molecule has 6 rings (SSSR count). The molecule has 0 spiro atoms. The molecule has 0 aromatic heterocycles. The number of likely N-dealkylation sites (N-methyl/N-ethyl adjacent to an activating group) is 1. The van der Waals surface area contributed by atoms with Crippen LogP contribution in [0.15, 0.2) is 42.5 Å². The number of nitrogens with one attached hydrogen (secondary N) is 2. The van der Waals surface area contributed by atoms with Crippen molar-refractivity contribution in [3.8, 4) is 0 Å². The van der Waals surface area contributed by atoms with Crippen molar-refractivity contribution in [2.24, 2.45) is 56.7 Å². The van der Waals surface area contributed by atoms with Gasteiger partial charge in [-0.05, 0) is 160 Å². The van der Waals surface area contributed by atoms with Gasteiger partial charge in [0.1, 0.15) is 5.60 Å². The van der Waals surface area contributed by atoms with Gasteiger partial charge in [0.15, 0.2) is 0 Å². The normalized spacial score (nSPS) is 38.9. The van der Waals surface area contributed by atoms with Crippen molar-refractivity contribution >= 4 is 17.5 Å². The molecule has 1 aromatic rings. The maximum absolute atomic E-state index is 13.2. The highest BCUT2D eigenvalue weighted by Crippen LogP contribution is 2.77. The average molecular weight is 687 g/mol. The largest absolute Gasteiger partial charge is 0.481 e. The Kier molecular flexibility index (Phi) is 9.63. The van der Waals surface area contributed by atoms with E-state index in [9.17, 15) is 14.7 Å². The molecule has 0 radical (unpaired) electrons. The fourth-order valence-corrected chi connectivity index (χ4v) is 13.2. The first-order chi connectivity index (χ1) is 23.4. The molecular formula is C44H66N2O4. The molecule has 3 N–H and O–H groups in total. The van der Waals surface area contributed by atoms with Crippen LogP contribution in [0.3, 0.4) is 0 Å². The fourth-order valence-electron chi connectivity index (χ4n) is 13.2. The predicted octanol–water partition coefficient (Wildman–Crippen LogP) is 9.17. The zero-order valence-corrected chi connectivity index (χ0v) is 32.6. The molecule has 9 atom stereocenters. The minimum atomic E-state index is -0.615. The highest BCUT2D eigenvalue weighted by molar-refractivity contribution is 5.90. The topological polar surface area (TPSA) is 87.7 Å². The van der Waals surface area contributed by atoms with Crippen molar-refractivity contribution in [3.05, 3.63) is 53.6 Å². The highest BCUT2D eigenvalue weighted by Gasteiger charge is 2.71. The minimum Gasteiger partial charge on any atom is -0.481 e. The van der Waals surface area contributed by atoms with Crippen molar-refractivity contribution in [3.63, 3.8) is 0 Å². The van der Waals surface area contributed by atoms with Crippen molar-refractivity contribution in [1.82, 2.24) is 10.6 Å². The molecule has 0 bridgehead atoms. The second-order valence-electron chi connectivity index (χ2n) is 19.4. The van der Waals surface area contributed by atoms with Crippen LogP contribution in [0.25, 0.3) is 5.57 Å². The number of carbonyl (C=O) groups is 2. The third kappa shape index (κ3) is 5.74. The van der Waals surface area contributed by atoms with Gasteiger partial charge in [-0.1, -0.05) is 65.0 Å². The van der Waals surface area contributed by atoms with E-state index in [0.717, 1.165) is 58.2 Å². The Bertz CT molecular complexity index is 1520. The Hall–Kier alpha value is -2.44. The lowest BCUT2D eigenvalue weighted by Crippen LogP contribution is -2.66. The lowest BCUT2D eigenvalue weighted by molar-refractivity contribution is -0.227. The molecule has 276 valence electrons. The van der Waals surface area contributed by atoms with Gasteiger partial charge < -0.3 is 20.5 Å². The molecule has 0 heterocycles. The number of carboxylic acid groups (broad SMARTS) is 1. The monoisotopic (exact) mass is 687 g/mol. The Morgan fingerprint density at radius 3 is 2.24 bits per heavy atom. The number of ether oxygens (including phenoxy) is 1. The summed E-state index contributed by atoms with van der Waals surface area (Å²) < 4.78 is 5.63. The molecule has 4 saturated carbocycles. The van der Waals surface area contributed by atoms with Gasteiger partial charge in [0.2, 0.25) is 0 Å². The zero-order valence-electron chi connectivity index (χ0n) is 32.6. The summed E-state index contributed by atoms with van der Waals surface area (Å²) in [4.78, 5) is 26.0. The van der Waals surface area contributed by atoms with Gasteiger partial charge in [-0.15, -0.1) is 0 Å².